The summed E-state index contributed by atoms with van der Waals surface area (Å²) in [6.45, 7) is 2.24. The van der Waals surface area contributed by atoms with Gasteiger partial charge in [0.1, 0.15) is 6.29 Å². The molecule has 0 N–H and O–H groups in total. The van der Waals surface area contributed by atoms with Gasteiger partial charge in [-0.05, 0) is 25.7 Å². The van der Waals surface area contributed by atoms with E-state index in [1.807, 2.05) is 0 Å². The van der Waals surface area contributed by atoms with Crippen LogP contribution < -0.4 is 0 Å². The summed E-state index contributed by atoms with van der Waals surface area (Å²) in [5, 5.41) is 0. The van der Waals surface area contributed by atoms with E-state index in [2.05, 4.69) is 19.1 Å². The molecule has 0 aliphatic rings. The van der Waals surface area contributed by atoms with Crippen molar-refractivity contribution in [1.29, 1.82) is 0 Å². The molecule has 0 aromatic rings. The Bertz CT molecular complexity index is 172. The van der Waals surface area contributed by atoms with Crippen LogP contribution in [0, 0.1) is 0 Å². The molecule has 0 rings (SSSR count). The molecule has 0 aromatic heterocycles. The van der Waals surface area contributed by atoms with Gasteiger partial charge in [-0.25, -0.2) is 0 Å². The maximum absolute atomic E-state index is 10.1. The van der Waals surface area contributed by atoms with Crippen LogP contribution in [0.3, 0.4) is 0 Å². The zero-order valence-corrected chi connectivity index (χ0v) is 11.6. The first-order chi connectivity index (χ1) is 8.41. The molecule has 0 aliphatic heterocycles. The lowest BCUT2D eigenvalue weighted by Crippen LogP contribution is -1.81. The highest BCUT2D eigenvalue weighted by Crippen LogP contribution is 2.09. The first-order valence-electron chi connectivity index (χ1n) is 7.50. The summed E-state index contributed by atoms with van der Waals surface area (Å²) in [6, 6.07) is 0. The molecule has 0 fully saturated rings. The molecule has 0 unspecified atom stereocenters. The van der Waals surface area contributed by atoms with E-state index in [1.54, 1.807) is 0 Å². The molecule has 0 radical (unpaired) electrons. The number of hydrogen-bond acceptors (Lipinski definition) is 1. The van der Waals surface area contributed by atoms with Crippen LogP contribution in [0.25, 0.3) is 0 Å². The van der Waals surface area contributed by atoms with Gasteiger partial charge >= 0.3 is 0 Å². The van der Waals surface area contributed by atoms with Gasteiger partial charge in [0.05, 0.1) is 0 Å². The predicted molar refractivity (Wildman–Crippen MR) is 76.3 cm³/mol. The number of unbranched alkanes of at least 4 members (excludes halogenated alkanes) is 10. The number of hydrogen-bond donors (Lipinski definition) is 0. The fourth-order valence-electron chi connectivity index (χ4n) is 1.93. The van der Waals surface area contributed by atoms with Gasteiger partial charge in [0.15, 0.2) is 0 Å². The summed E-state index contributed by atoms with van der Waals surface area (Å²) in [6.07, 6.45) is 20.7. The minimum Gasteiger partial charge on any atom is -0.303 e. The second kappa shape index (κ2) is 15.4. The Kier molecular flexibility index (Phi) is 14.9. The maximum atomic E-state index is 10.1. The molecule has 0 saturated heterocycles. The van der Waals surface area contributed by atoms with Gasteiger partial charge in [-0.2, -0.15) is 0 Å². The first kappa shape index (κ1) is 16.4. The Labute approximate surface area is 108 Å². The van der Waals surface area contributed by atoms with Crippen molar-refractivity contribution < 1.29 is 4.79 Å². The lowest BCUT2D eigenvalue weighted by atomic mass is 10.1. The van der Waals surface area contributed by atoms with E-state index in [-0.39, 0.29) is 0 Å². The molecule has 1 heteroatoms. The van der Waals surface area contributed by atoms with Crippen LogP contribution in [0.15, 0.2) is 12.2 Å². The van der Waals surface area contributed by atoms with Crippen molar-refractivity contribution in [2.45, 2.75) is 84.0 Å². The maximum Gasteiger partial charge on any atom is 0.119 e. The van der Waals surface area contributed by atoms with E-state index >= 15 is 0 Å². The van der Waals surface area contributed by atoms with E-state index in [0.717, 1.165) is 19.1 Å². The van der Waals surface area contributed by atoms with Crippen LogP contribution in [0.2, 0.25) is 0 Å². The molecule has 0 bridgehead atoms. The molecule has 0 heterocycles. The standard InChI is InChI=1S/C16H30O/c1-2-3-4-5-6-7-8-9-10-11-12-13-14-15-16-17/h5-6,16H,2-4,7-15H2,1H3/b6-5+. The minimum atomic E-state index is 0.753. The molecule has 0 atom stereocenters. The van der Waals surface area contributed by atoms with E-state index in [0.29, 0.717) is 0 Å². The highest BCUT2D eigenvalue weighted by molar-refractivity contribution is 5.48. The summed E-state index contributed by atoms with van der Waals surface area (Å²) >= 11 is 0. The average molecular weight is 238 g/mol. The molecule has 100 valence electrons. The van der Waals surface area contributed by atoms with E-state index in [4.69, 9.17) is 0 Å². The number of carbonyl (C=O) groups excluding carboxylic acids is 1. The number of aldehydes is 1. The Hall–Kier alpha value is -0.590. The highest BCUT2D eigenvalue weighted by atomic mass is 16.1. The quantitative estimate of drug-likeness (QED) is 0.237. The van der Waals surface area contributed by atoms with Crippen molar-refractivity contribution in [2.75, 3.05) is 0 Å². The molecular weight excluding hydrogens is 208 g/mol. The smallest absolute Gasteiger partial charge is 0.119 e. The molecule has 0 amide bonds. The minimum absolute atomic E-state index is 0.753. The lowest BCUT2D eigenvalue weighted by molar-refractivity contribution is -0.107. The first-order valence-corrected chi connectivity index (χ1v) is 7.50. The highest BCUT2D eigenvalue weighted by Gasteiger charge is 1.91. The average Bonchev–Trinajstić information content (AvgIpc) is 2.35. The summed E-state index contributed by atoms with van der Waals surface area (Å²) < 4.78 is 0. The van der Waals surface area contributed by atoms with Gasteiger partial charge < -0.3 is 4.79 Å². The number of carbonyl (C=O) groups is 1. The zero-order valence-electron chi connectivity index (χ0n) is 11.6. The van der Waals surface area contributed by atoms with Gasteiger partial charge in [-0.3, -0.25) is 0 Å². The van der Waals surface area contributed by atoms with E-state index < -0.39 is 0 Å². The number of rotatable bonds is 13. The fraction of sp³-hybridized carbons (Fsp3) is 0.812. The van der Waals surface area contributed by atoms with Crippen molar-refractivity contribution >= 4 is 6.29 Å². The largest absolute Gasteiger partial charge is 0.303 e. The zero-order chi connectivity index (χ0) is 12.6. The molecule has 0 spiro atoms. The fourth-order valence-corrected chi connectivity index (χ4v) is 1.93. The van der Waals surface area contributed by atoms with Crippen LogP contribution >= 0.6 is 0 Å². The van der Waals surface area contributed by atoms with Crippen molar-refractivity contribution in [1.82, 2.24) is 0 Å². The van der Waals surface area contributed by atoms with Crippen LogP contribution in [0.5, 0.6) is 0 Å². The molecule has 0 aromatic carbocycles. The van der Waals surface area contributed by atoms with Crippen LogP contribution in [-0.2, 0) is 4.79 Å². The molecule has 1 nitrogen and oxygen atoms in total. The summed E-state index contributed by atoms with van der Waals surface area (Å²) in [4.78, 5) is 10.1. The summed E-state index contributed by atoms with van der Waals surface area (Å²) in [5.74, 6) is 0. The lowest BCUT2D eigenvalue weighted by Gasteiger charge is -1.99. The molecule has 17 heavy (non-hydrogen) atoms. The van der Waals surface area contributed by atoms with E-state index in [1.165, 1.54) is 64.2 Å². The SMILES string of the molecule is CCCC/C=C/CCCCCCCCCC=O. The number of allylic oxidation sites excluding steroid dienone is 2. The Balaban J connectivity index is 2.98. The third kappa shape index (κ3) is 15.4. The van der Waals surface area contributed by atoms with Gasteiger partial charge in [0, 0.05) is 6.42 Å². The van der Waals surface area contributed by atoms with Gasteiger partial charge in [-0.15, -0.1) is 0 Å². The van der Waals surface area contributed by atoms with Gasteiger partial charge in [-0.1, -0.05) is 64.0 Å². The van der Waals surface area contributed by atoms with Crippen LogP contribution in [0.1, 0.15) is 84.0 Å². The monoisotopic (exact) mass is 238 g/mol. The Morgan fingerprint density at radius 2 is 1.12 bits per heavy atom. The summed E-state index contributed by atoms with van der Waals surface area (Å²) in [5.41, 5.74) is 0. The molecular formula is C16H30O. The van der Waals surface area contributed by atoms with Gasteiger partial charge in [0.2, 0.25) is 0 Å². The second-order valence-electron chi connectivity index (χ2n) is 4.83. The predicted octanol–water partition coefficient (Wildman–Crippen LogP) is 5.44. The van der Waals surface area contributed by atoms with Gasteiger partial charge in [0.25, 0.3) is 0 Å². The molecule has 0 aliphatic carbocycles. The summed E-state index contributed by atoms with van der Waals surface area (Å²) in [7, 11) is 0. The topological polar surface area (TPSA) is 17.1 Å². The van der Waals surface area contributed by atoms with Crippen LogP contribution in [0.4, 0.5) is 0 Å². The van der Waals surface area contributed by atoms with Crippen molar-refractivity contribution in [3.05, 3.63) is 12.2 Å². The van der Waals surface area contributed by atoms with Crippen molar-refractivity contribution in [3.63, 3.8) is 0 Å². The second-order valence-corrected chi connectivity index (χ2v) is 4.83. The third-order valence-electron chi connectivity index (χ3n) is 3.08. The molecule has 0 saturated carbocycles. The van der Waals surface area contributed by atoms with E-state index in [9.17, 15) is 4.79 Å². The van der Waals surface area contributed by atoms with Crippen LogP contribution in [-0.4, -0.2) is 6.29 Å². The van der Waals surface area contributed by atoms with Crippen molar-refractivity contribution in [2.24, 2.45) is 0 Å². The Morgan fingerprint density at radius 1 is 0.647 bits per heavy atom. The third-order valence-corrected chi connectivity index (χ3v) is 3.08. The Morgan fingerprint density at radius 3 is 1.65 bits per heavy atom. The normalized spacial score (nSPS) is 11.1. The van der Waals surface area contributed by atoms with Crippen molar-refractivity contribution in [3.8, 4) is 0 Å².